The minimum atomic E-state index is -0.361. The van der Waals surface area contributed by atoms with Crippen LogP contribution in [-0.2, 0) is 4.79 Å². The number of carbonyl (C=O) groups is 2. The van der Waals surface area contributed by atoms with Gasteiger partial charge in [0.25, 0.3) is 5.91 Å². The van der Waals surface area contributed by atoms with Gasteiger partial charge in [-0.2, -0.15) is 0 Å². The van der Waals surface area contributed by atoms with Gasteiger partial charge >= 0.3 is 6.03 Å². The zero-order valence-electron chi connectivity index (χ0n) is 10.6. The molecule has 2 aliphatic heterocycles. The molecule has 0 radical (unpaired) electrons. The van der Waals surface area contributed by atoms with Gasteiger partial charge < -0.3 is 15.5 Å². The van der Waals surface area contributed by atoms with Gasteiger partial charge in [-0.3, -0.25) is 4.79 Å². The van der Waals surface area contributed by atoms with Crippen LogP contribution >= 0.6 is 0 Å². The molecule has 0 aromatic heterocycles. The van der Waals surface area contributed by atoms with Crippen LogP contribution in [0, 0.1) is 0 Å². The Morgan fingerprint density at radius 3 is 2.68 bits per heavy atom. The van der Waals surface area contributed by atoms with Crippen LogP contribution in [0.15, 0.2) is 41.6 Å². The molecule has 3 amide bonds. The first-order valence-electron chi connectivity index (χ1n) is 6.28. The molecule has 1 aromatic rings. The third-order valence-electron chi connectivity index (χ3n) is 3.56. The highest BCUT2D eigenvalue weighted by Gasteiger charge is 2.36. The standard InChI is InChI=1S/C14H15N3O2/c1-17-8-7-10-11(13(17)18)12(16-14(19)15-10)9-5-3-2-4-6-9/h2-6,12H,7-8H2,1H3,(H2,15,16,19). The van der Waals surface area contributed by atoms with Gasteiger partial charge in [0.15, 0.2) is 0 Å². The zero-order valence-corrected chi connectivity index (χ0v) is 10.6. The molecule has 0 aliphatic carbocycles. The van der Waals surface area contributed by atoms with E-state index < -0.39 is 0 Å². The van der Waals surface area contributed by atoms with Crippen LogP contribution in [0.25, 0.3) is 0 Å². The van der Waals surface area contributed by atoms with Crippen LogP contribution in [0.1, 0.15) is 18.0 Å². The number of rotatable bonds is 1. The van der Waals surface area contributed by atoms with Gasteiger partial charge in [0.1, 0.15) is 0 Å². The van der Waals surface area contributed by atoms with Crippen LogP contribution in [0.4, 0.5) is 4.79 Å². The Morgan fingerprint density at radius 2 is 1.95 bits per heavy atom. The van der Waals surface area contributed by atoms with Crippen molar-refractivity contribution in [3.8, 4) is 0 Å². The lowest BCUT2D eigenvalue weighted by molar-refractivity contribution is -0.127. The van der Waals surface area contributed by atoms with E-state index in [-0.39, 0.29) is 18.0 Å². The summed E-state index contributed by atoms with van der Waals surface area (Å²) in [7, 11) is 1.78. The van der Waals surface area contributed by atoms with E-state index >= 15 is 0 Å². The number of nitrogens with one attached hydrogen (secondary N) is 2. The van der Waals surface area contributed by atoms with Gasteiger partial charge in [-0.15, -0.1) is 0 Å². The summed E-state index contributed by atoms with van der Waals surface area (Å²) in [5, 5.41) is 5.58. The molecule has 3 rings (SSSR count). The van der Waals surface area contributed by atoms with E-state index in [1.165, 1.54) is 0 Å². The zero-order chi connectivity index (χ0) is 13.4. The third-order valence-corrected chi connectivity index (χ3v) is 3.56. The van der Waals surface area contributed by atoms with Crippen molar-refractivity contribution < 1.29 is 9.59 Å². The largest absolute Gasteiger partial charge is 0.341 e. The first-order chi connectivity index (χ1) is 9.16. The molecule has 5 nitrogen and oxygen atoms in total. The Bertz CT molecular complexity index is 565. The Kier molecular flexibility index (Phi) is 2.74. The van der Waals surface area contributed by atoms with Crippen molar-refractivity contribution in [2.45, 2.75) is 12.5 Å². The smallest absolute Gasteiger partial charge is 0.319 e. The molecule has 2 heterocycles. The Balaban J connectivity index is 2.07. The monoisotopic (exact) mass is 257 g/mol. The number of carbonyl (C=O) groups excluding carboxylic acids is 2. The summed E-state index contributed by atoms with van der Waals surface area (Å²) in [6.45, 7) is 0.638. The van der Waals surface area contributed by atoms with Crippen molar-refractivity contribution in [3.05, 3.63) is 47.2 Å². The molecular formula is C14H15N3O2. The lowest BCUT2D eigenvalue weighted by Gasteiger charge is -2.35. The van der Waals surface area contributed by atoms with Crippen LogP contribution < -0.4 is 10.6 Å². The lowest BCUT2D eigenvalue weighted by Crippen LogP contribution is -2.50. The minimum Gasteiger partial charge on any atom is -0.341 e. The number of urea groups is 1. The second-order valence-corrected chi connectivity index (χ2v) is 4.81. The number of benzene rings is 1. The van der Waals surface area contributed by atoms with Gasteiger partial charge in [-0.1, -0.05) is 30.3 Å². The van der Waals surface area contributed by atoms with Crippen molar-refractivity contribution in [3.63, 3.8) is 0 Å². The Morgan fingerprint density at radius 1 is 1.21 bits per heavy atom. The maximum absolute atomic E-state index is 12.3. The van der Waals surface area contributed by atoms with Crippen LogP contribution in [0.5, 0.6) is 0 Å². The van der Waals surface area contributed by atoms with Crippen molar-refractivity contribution in [2.75, 3.05) is 13.6 Å². The fourth-order valence-electron chi connectivity index (χ4n) is 2.55. The second kappa shape index (κ2) is 4.42. The highest BCUT2D eigenvalue weighted by molar-refractivity contribution is 5.99. The first-order valence-corrected chi connectivity index (χ1v) is 6.28. The molecule has 2 aliphatic rings. The van der Waals surface area contributed by atoms with Crippen LogP contribution in [0.3, 0.4) is 0 Å². The summed E-state index contributed by atoms with van der Waals surface area (Å²) in [6.07, 6.45) is 0.689. The summed E-state index contributed by atoms with van der Waals surface area (Å²) in [5.74, 6) is -0.0254. The number of likely N-dealkylation sites (N-methyl/N-ethyl adjacent to an activating group) is 1. The van der Waals surface area contributed by atoms with E-state index in [0.717, 1.165) is 11.3 Å². The maximum atomic E-state index is 12.3. The first kappa shape index (κ1) is 11.8. The Labute approximate surface area is 111 Å². The topological polar surface area (TPSA) is 61.4 Å². The van der Waals surface area contributed by atoms with Crippen molar-refractivity contribution in [2.24, 2.45) is 0 Å². The SMILES string of the molecule is CN1CCC2=C(C1=O)C(c1ccccc1)NC(=O)N2. The molecule has 19 heavy (non-hydrogen) atoms. The van der Waals surface area contributed by atoms with Gasteiger partial charge in [-0.05, 0) is 5.56 Å². The fourth-order valence-corrected chi connectivity index (χ4v) is 2.55. The van der Waals surface area contributed by atoms with Gasteiger partial charge in [-0.25, -0.2) is 4.79 Å². The Hall–Kier alpha value is -2.30. The summed E-state index contributed by atoms with van der Waals surface area (Å²) in [4.78, 5) is 25.7. The highest BCUT2D eigenvalue weighted by Crippen LogP contribution is 2.31. The van der Waals surface area contributed by atoms with E-state index in [1.54, 1.807) is 11.9 Å². The van der Waals surface area contributed by atoms with E-state index in [4.69, 9.17) is 0 Å². The molecule has 5 heteroatoms. The third kappa shape index (κ3) is 1.97. The number of nitrogens with zero attached hydrogens (tertiary/aromatic N) is 1. The van der Waals surface area contributed by atoms with Crippen molar-refractivity contribution in [1.29, 1.82) is 0 Å². The van der Waals surface area contributed by atoms with Crippen molar-refractivity contribution >= 4 is 11.9 Å². The van der Waals surface area contributed by atoms with E-state index in [0.29, 0.717) is 18.5 Å². The summed E-state index contributed by atoms with van der Waals surface area (Å²) < 4.78 is 0. The molecule has 0 spiro atoms. The summed E-state index contributed by atoms with van der Waals surface area (Å²) in [5.41, 5.74) is 2.33. The molecule has 0 fully saturated rings. The highest BCUT2D eigenvalue weighted by atomic mass is 16.2. The van der Waals surface area contributed by atoms with Gasteiger partial charge in [0.05, 0.1) is 11.6 Å². The van der Waals surface area contributed by atoms with E-state index in [2.05, 4.69) is 10.6 Å². The van der Waals surface area contributed by atoms with Gasteiger partial charge in [0, 0.05) is 25.7 Å². The molecule has 2 N–H and O–H groups in total. The van der Waals surface area contributed by atoms with E-state index in [9.17, 15) is 9.59 Å². The van der Waals surface area contributed by atoms with Crippen LogP contribution in [-0.4, -0.2) is 30.4 Å². The molecule has 0 saturated heterocycles. The number of hydrogen-bond acceptors (Lipinski definition) is 2. The summed E-state index contributed by atoms with van der Waals surface area (Å²) in [6, 6.07) is 8.95. The predicted octanol–water partition coefficient (Wildman–Crippen LogP) is 1.16. The molecule has 1 aromatic carbocycles. The average molecular weight is 257 g/mol. The lowest BCUT2D eigenvalue weighted by atomic mass is 9.91. The van der Waals surface area contributed by atoms with E-state index in [1.807, 2.05) is 30.3 Å². The molecule has 1 unspecified atom stereocenters. The molecule has 98 valence electrons. The quantitative estimate of drug-likeness (QED) is 0.793. The predicted molar refractivity (Wildman–Crippen MR) is 70.1 cm³/mol. The number of amides is 3. The molecule has 1 atom stereocenters. The van der Waals surface area contributed by atoms with Crippen molar-refractivity contribution in [1.82, 2.24) is 15.5 Å². The molecular weight excluding hydrogens is 242 g/mol. The maximum Gasteiger partial charge on any atom is 0.319 e. The minimum absolute atomic E-state index is 0.0254. The molecule has 0 saturated carbocycles. The van der Waals surface area contributed by atoms with Gasteiger partial charge in [0.2, 0.25) is 0 Å². The van der Waals surface area contributed by atoms with Crippen LogP contribution in [0.2, 0.25) is 0 Å². The normalized spacial score (nSPS) is 22.8. The summed E-state index contributed by atoms with van der Waals surface area (Å²) >= 11 is 0. The second-order valence-electron chi connectivity index (χ2n) is 4.81. The average Bonchev–Trinajstić information content (AvgIpc) is 2.43. The number of hydrogen-bond donors (Lipinski definition) is 2. The fraction of sp³-hybridized carbons (Fsp3) is 0.286. The molecule has 0 bridgehead atoms.